The van der Waals surface area contributed by atoms with Gasteiger partial charge in [0.1, 0.15) is 34.3 Å². The first kappa shape index (κ1) is 21.4. The van der Waals surface area contributed by atoms with Crippen LogP contribution >= 0.6 is 47.8 Å². The lowest BCUT2D eigenvalue weighted by atomic mass is 9.82. The molecule has 1 aliphatic carbocycles. The van der Waals surface area contributed by atoms with E-state index in [4.69, 9.17) is 14.2 Å². The van der Waals surface area contributed by atoms with Gasteiger partial charge in [-0.3, -0.25) is 14.4 Å². The summed E-state index contributed by atoms with van der Waals surface area (Å²) in [6.07, 6.45) is -3.10. The molecule has 0 spiro atoms. The van der Waals surface area contributed by atoms with E-state index < -0.39 is 48.1 Å². The second-order valence-electron chi connectivity index (χ2n) is 4.89. The van der Waals surface area contributed by atoms with Gasteiger partial charge in [-0.2, -0.15) is 0 Å². The summed E-state index contributed by atoms with van der Waals surface area (Å²) in [6.45, 7) is 0. The summed E-state index contributed by atoms with van der Waals surface area (Å²) in [4.78, 5) is 45.9. The molecular formula is C13H14Br3O8-. The molecule has 11 heteroatoms. The maximum atomic E-state index is 11.5. The second-order valence-corrected chi connectivity index (χ2v) is 6.57. The number of carboxylic acid groups (broad SMARTS) is 1. The highest BCUT2D eigenvalue weighted by atomic mass is 79.9. The zero-order valence-electron chi connectivity index (χ0n) is 12.2. The lowest BCUT2D eigenvalue weighted by molar-refractivity contribution is -0.319. The zero-order valence-corrected chi connectivity index (χ0v) is 17.0. The number of alkyl halides is 3. The highest BCUT2D eigenvalue weighted by molar-refractivity contribution is 9.09. The number of carbonyl (C=O) groups is 4. The van der Waals surface area contributed by atoms with Crippen molar-refractivity contribution in [3.05, 3.63) is 0 Å². The highest BCUT2D eigenvalue weighted by Crippen LogP contribution is 2.32. The predicted octanol–water partition coefficient (Wildman–Crippen LogP) is 0.0664. The van der Waals surface area contributed by atoms with Crippen LogP contribution in [0, 0.1) is 5.92 Å². The molecule has 8 nitrogen and oxygen atoms in total. The van der Waals surface area contributed by atoms with E-state index in [2.05, 4.69) is 47.8 Å². The molecule has 0 amide bonds. The molecule has 2 unspecified atom stereocenters. The van der Waals surface area contributed by atoms with E-state index in [1.54, 1.807) is 0 Å². The van der Waals surface area contributed by atoms with Crippen molar-refractivity contribution in [3.8, 4) is 0 Å². The molecule has 1 rings (SSSR count). The zero-order chi connectivity index (χ0) is 18.3. The minimum atomic E-state index is -1.51. The minimum absolute atomic E-state index is 0.0293. The molecule has 0 aromatic heterocycles. The van der Waals surface area contributed by atoms with Gasteiger partial charge in [0, 0.05) is 12.8 Å². The number of esters is 3. The molecule has 0 radical (unpaired) electrons. The minimum Gasteiger partial charge on any atom is -0.550 e. The van der Waals surface area contributed by atoms with Crippen molar-refractivity contribution >= 4 is 71.7 Å². The molecule has 0 aromatic rings. The number of hydrogen-bond donors (Lipinski definition) is 0. The van der Waals surface area contributed by atoms with Crippen LogP contribution in [-0.4, -0.2) is 58.2 Å². The molecular weight excluding hydrogens is 524 g/mol. The van der Waals surface area contributed by atoms with Crippen LogP contribution < -0.4 is 5.11 Å². The monoisotopic (exact) mass is 535 g/mol. The average molecular weight is 538 g/mol. The van der Waals surface area contributed by atoms with Crippen LogP contribution in [0.5, 0.6) is 0 Å². The van der Waals surface area contributed by atoms with Crippen LogP contribution in [0.2, 0.25) is 0 Å². The third-order valence-corrected chi connectivity index (χ3v) is 4.63. The van der Waals surface area contributed by atoms with E-state index in [0.717, 1.165) is 0 Å². The van der Waals surface area contributed by atoms with Crippen molar-refractivity contribution in [3.63, 3.8) is 0 Å². The number of carbonyl (C=O) groups excluding carboxylic acids is 4. The Morgan fingerprint density at radius 3 is 1.50 bits per heavy atom. The lowest BCUT2D eigenvalue weighted by Crippen LogP contribution is -2.54. The standard InChI is InChI=1S/C13H15Br3O8/c14-3-9(17)22-6-1-7(23-10(18)4-15)12(13(20)21)8(2-6)24-11(19)5-16/h6-8,12H,1-5H2,(H,20,21)/p-1. The van der Waals surface area contributed by atoms with E-state index in [1.165, 1.54) is 0 Å². The first-order valence-corrected chi connectivity index (χ1v) is 10.2. The van der Waals surface area contributed by atoms with Gasteiger partial charge in [-0.15, -0.1) is 0 Å². The Balaban J connectivity index is 3.01. The van der Waals surface area contributed by atoms with E-state index in [9.17, 15) is 24.3 Å². The van der Waals surface area contributed by atoms with Crippen molar-refractivity contribution < 1.29 is 38.5 Å². The fraction of sp³-hybridized carbons (Fsp3) is 0.692. The third kappa shape index (κ3) is 6.32. The molecule has 24 heavy (non-hydrogen) atoms. The maximum absolute atomic E-state index is 11.5. The first-order chi connectivity index (χ1) is 11.3. The number of hydrogen-bond acceptors (Lipinski definition) is 8. The Morgan fingerprint density at radius 1 is 0.792 bits per heavy atom. The van der Waals surface area contributed by atoms with Crippen LogP contribution in [0.4, 0.5) is 0 Å². The summed E-state index contributed by atoms with van der Waals surface area (Å²) in [5.74, 6) is -4.81. The van der Waals surface area contributed by atoms with E-state index in [-0.39, 0.29) is 28.8 Å². The predicted molar refractivity (Wildman–Crippen MR) is 88.8 cm³/mol. The molecule has 0 heterocycles. The molecule has 0 N–H and O–H groups in total. The molecule has 0 aromatic carbocycles. The SMILES string of the molecule is O=C(CBr)OC1CC(OC(=O)CBr)C(C(=O)[O-])C(OC(=O)CBr)C1. The fourth-order valence-electron chi connectivity index (χ4n) is 2.41. The Kier molecular flexibility index (Phi) is 9.21. The Hall–Kier alpha value is -0.680. The van der Waals surface area contributed by atoms with Gasteiger partial charge in [-0.1, -0.05) is 47.8 Å². The molecule has 0 bridgehead atoms. The smallest absolute Gasteiger partial charge is 0.316 e. The number of ether oxygens (including phenoxy) is 3. The van der Waals surface area contributed by atoms with Crippen LogP contribution in [0.1, 0.15) is 12.8 Å². The molecule has 136 valence electrons. The summed E-state index contributed by atoms with van der Waals surface area (Å²) >= 11 is 8.77. The third-order valence-electron chi connectivity index (χ3n) is 3.25. The first-order valence-electron chi connectivity index (χ1n) is 6.79. The average Bonchev–Trinajstić information content (AvgIpc) is 2.53. The van der Waals surface area contributed by atoms with Gasteiger partial charge in [-0.25, -0.2) is 0 Å². The maximum Gasteiger partial charge on any atom is 0.316 e. The van der Waals surface area contributed by atoms with E-state index in [1.807, 2.05) is 0 Å². The van der Waals surface area contributed by atoms with Crippen molar-refractivity contribution in [2.75, 3.05) is 16.0 Å². The van der Waals surface area contributed by atoms with Gasteiger partial charge in [-0.05, 0) is 0 Å². The second kappa shape index (κ2) is 10.3. The summed E-state index contributed by atoms with van der Waals surface area (Å²) in [6, 6.07) is 0. The van der Waals surface area contributed by atoms with Crippen LogP contribution in [0.25, 0.3) is 0 Å². The molecule has 0 aliphatic heterocycles. The van der Waals surface area contributed by atoms with Crippen molar-refractivity contribution in [1.29, 1.82) is 0 Å². The van der Waals surface area contributed by atoms with Gasteiger partial charge in [0.05, 0.1) is 11.9 Å². The fourth-order valence-corrected chi connectivity index (χ4v) is 2.80. The van der Waals surface area contributed by atoms with Gasteiger partial charge in [0.25, 0.3) is 0 Å². The molecule has 1 saturated carbocycles. The van der Waals surface area contributed by atoms with E-state index >= 15 is 0 Å². The Labute approximate surface area is 162 Å². The topological polar surface area (TPSA) is 119 Å². The molecule has 1 fully saturated rings. The van der Waals surface area contributed by atoms with Crippen LogP contribution in [0.15, 0.2) is 0 Å². The molecule has 1 aliphatic rings. The summed E-state index contributed by atoms with van der Waals surface area (Å²) in [5, 5.41) is 11.1. The highest BCUT2D eigenvalue weighted by Gasteiger charge is 2.44. The summed E-state index contributed by atoms with van der Waals surface area (Å²) in [5.41, 5.74) is 0. The Morgan fingerprint density at radius 2 is 1.17 bits per heavy atom. The van der Waals surface area contributed by atoms with E-state index in [0.29, 0.717) is 0 Å². The Bertz CT molecular complexity index is 470. The largest absolute Gasteiger partial charge is 0.550 e. The number of aliphatic carboxylic acids is 1. The van der Waals surface area contributed by atoms with Gasteiger partial charge in [0.2, 0.25) is 0 Å². The van der Waals surface area contributed by atoms with Crippen LogP contribution in [-0.2, 0) is 33.4 Å². The number of carboxylic acids is 1. The van der Waals surface area contributed by atoms with Crippen LogP contribution in [0.3, 0.4) is 0 Å². The summed E-state index contributed by atoms with van der Waals surface area (Å²) < 4.78 is 15.3. The lowest BCUT2D eigenvalue weighted by Gasteiger charge is -2.40. The summed E-state index contributed by atoms with van der Waals surface area (Å²) in [7, 11) is 0. The van der Waals surface area contributed by atoms with Crippen molar-refractivity contribution in [2.24, 2.45) is 5.92 Å². The van der Waals surface area contributed by atoms with Crippen molar-refractivity contribution in [2.45, 2.75) is 31.2 Å². The van der Waals surface area contributed by atoms with Crippen molar-refractivity contribution in [1.82, 2.24) is 0 Å². The van der Waals surface area contributed by atoms with Gasteiger partial charge in [0.15, 0.2) is 0 Å². The van der Waals surface area contributed by atoms with Gasteiger partial charge >= 0.3 is 17.9 Å². The molecule has 2 atom stereocenters. The quantitative estimate of drug-likeness (QED) is 0.254. The number of rotatable bonds is 7. The number of halogens is 3. The molecule has 0 saturated heterocycles. The normalized spacial score (nSPS) is 26.3. The van der Waals surface area contributed by atoms with Gasteiger partial charge < -0.3 is 24.1 Å².